The van der Waals surface area contributed by atoms with Gasteiger partial charge >= 0.3 is 0 Å². The second kappa shape index (κ2) is 7.74. The molecule has 6 nitrogen and oxygen atoms in total. The minimum absolute atomic E-state index is 0.00136. The molecule has 138 valence electrons. The summed E-state index contributed by atoms with van der Waals surface area (Å²) in [6, 6.07) is 9.60. The average molecular weight is 355 g/mol. The lowest BCUT2D eigenvalue weighted by atomic mass is 9.96. The highest BCUT2D eigenvalue weighted by Gasteiger charge is 2.23. The molecule has 26 heavy (non-hydrogen) atoms. The van der Waals surface area contributed by atoms with E-state index in [0.717, 1.165) is 49.5 Å². The van der Waals surface area contributed by atoms with E-state index in [1.54, 1.807) is 13.0 Å². The number of primary amides is 1. The summed E-state index contributed by atoms with van der Waals surface area (Å²) >= 11 is 0. The van der Waals surface area contributed by atoms with Gasteiger partial charge in [-0.2, -0.15) is 0 Å². The zero-order valence-electron chi connectivity index (χ0n) is 15.2. The third-order valence-corrected chi connectivity index (χ3v) is 4.87. The van der Waals surface area contributed by atoms with Crippen molar-refractivity contribution in [1.29, 1.82) is 0 Å². The number of rotatable bonds is 5. The number of anilines is 1. The van der Waals surface area contributed by atoms with Crippen molar-refractivity contribution in [3.05, 3.63) is 53.0 Å². The van der Waals surface area contributed by atoms with Gasteiger partial charge in [0.2, 0.25) is 5.91 Å². The van der Waals surface area contributed by atoms with E-state index in [9.17, 15) is 9.59 Å². The lowest BCUT2D eigenvalue weighted by Crippen LogP contribution is -2.38. The van der Waals surface area contributed by atoms with Crippen LogP contribution in [0.1, 0.15) is 40.3 Å². The molecule has 6 heteroatoms. The van der Waals surface area contributed by atoms with Crippen molar-refractivity contribution in [2.75, 3.05) is 18.4 Å². The largest absolute Gasteiger partial charge is 0.466 e. The van der Waals surface area contributed by atoms with Gasteiger partial charge in [-0.1, -0.05) is 12.1 Å². The van der Waals surface area contributed by atoms with Gasteiger partial charge in [0.15, 0.2) is 0 Å². The number of benzene rings is 1. The smallest absolute Gasteiger partial charge is 0.259 e. The van der Waals surface area contributed by atoms with E-state index in [-0.39, 0.29) is 17.7 Å². The number of piperidine rings is 1. The summed E-state index contributed by atoms with van der Waals surface area (Å²) in [5.74, 6) is 0.977. The minimum atomic E-state index is -0.195. The van der Waals surface area contributed by atoms with E-state index in [2.05, 4.69) is 10.2 Å². The predicted molar refractivity (Wildman–Crippen MR) is 99.8 cm³/mol. The zero-order chi connectivity index (χ0) is 18.7. The Morgan fingerprint density at radius 2 is 1.96 bits per heavy atom. The van der Waals surface area contributed by atoms with Gasteiger partial charge < -0.3 is 15.5 Å². The number of carbonyl (C=O) groups excluding carboxylic acids is 2. The maximum Gasteiger partial charge on any atom is 0.259 e. The molecule has 0 spiro atoms. The number of nitrogens with two attached hydrogens (primary N) is 1. The number of likely N-dealkylation sites (tertiary alicyclic amines) is 1. The molecule has 1 saturated heterocycles. The number of hydrogen-bond donors (Lipinski definition) is 2. The van der Waals surface area contributed by atoms with Crippen molar-refractivity contribution in [3.8, 4) is 0 Å². The van der Waals surface area contributed by atoms with Gasteiger partial charge in [-0.25, -0.2) is 0 Å². The molecule has 3 rings (SSSR count). The minimum Gasteiger partial charge on any atom is -0.466 e. The van der Waals surface area contributed by atoms with E-state index < -0.39 is 0 Å². The molecule has 0 aliphatic carbocycles. The molecule has 2 heterocycles. The number of nitrogens with one attached hydrogen (secondary N) is 1. The Bertz CT molecular complexity index is 804. The quantitative estimate of drug-likeness (QED) is 0.863. The number of amides is 2. The second-order valence-electron chi connectivity index (χ2n) is 6.93. The molecule has 3 N–H and O–H groups in total. The molecular formula is C20H25N3O3. The van der Waals surface area contributed by atoms with Crippen LogP contribution < -0.4 is 11.1 Å². The third-order valence-electron chi connectivity index (χ3n) is 4.87. The van der Waals surface area contributed by atoms with Crippen LogP contribution in [0, 0.1) is 19.8 Å². The molecule has 0 bridgehead atoms. The Hall–Kier alpha value is -2.60. The molecule has 1 aromatic carbocycles. The summed E-state index contributed by atoms with van der Waals surface area (Å²) in [6.45, 7) is 6.12. The topological polar surface area (TPSA) is 88.6 Å². The number of furan rings is 1. The standard InChI is InChI=1S/C20H25N3O3/c1-13-10-18(14(2)26-13)20(25)22-17-5-3-4-15(11-17)12-23-8-6-16(7-9-23)19(21)24/h3-5,10-11,16H,6-9,12H2,1-2H3,(H2,21,24)(H,22,25). The first-order valence-electron chi connectivity index (χ1n) is 8.91. The molecule has 1 aliphatic rings. The maximum atomic E-state index is 12.4. The van der Waals surface area contributed by atoms with Crippen molar-refractivity contribution >= 4 is 17.5 Å². The monoisotopic (exact) mass is 355 g/mol. The first kappa shape index (κ1) is 18.2. The molecule has 0 saturated carbocycles. The van der Waals surface area contributed by atoms with Gasteiger partial charge in [0.05, 0.1) is 5.56 Å². The Kier molecular flexibility index (Phi) is 5.42. The Labute approximate surface area is 153 Å². The van der Waals surface area contributed by atoms with Crippen LogP contribution >= 0.6 is 0 Å². The molecule has 0 atom stereocenters. The SMILES string of the molecule is Cc1cc(C(=O)Nc2cccc(CN3CCC(C(N)=O)CC3)c2)c(C)o1. The lowest BCUT2D eigenvalue weighted by molar-refractivity contribution is -0.123. The van der Waals surface area contributed by atoms with Crippen LogP contribution in [0.3, 0.4) is 0 Å². The Morgan fingerprint density at radius 3 is 2.58 bits per heavy atom. The maximum absolute atomic E-state index is 12.4. The lowest BCUT2D eigenvalue weighted by Gasteiger charge is -2.30. The van der Waals surface area contributed by atoms with Crippen LogP contribution in [-0.4, -0.2) is 29.8 Å². The summed E-state index contributed by atoms with van der Waals surface area (Å²) in [6.07, 6.45) is 1.62. The molecule has 0 unspecified atom stereocenters. The van der Waals surface area contributed by atoms with Gasteiger partial charge in [-0.3, -0.25) is 14.5 Å². The summed E-state index contributed by atoms with van der Waals surface area (Å²) in [5, 5.41) is 2.93. The van der Waals surface area contributed by atoms with Crippen LogP contribution in [0.25, 0.3) is 0 Å². The normalized spacial score (nSPS) is 15.8. The van der Waals surface area contributed by atoms with Gasteiger partial charge in [0, 0.05) is 18.2 Å². The zero-order valence-corrected chi connectivity index (χ0v) is 15.2. The Morgan fingerprint density at radius 1 is 1.23 bits per heavy atom. The molecular weight excluding hydrogens is 330 g/mol. The molecule has 1 aliphatic heterocycles. The number of nitrogens with zero attached hydrogens (tertiary/aromatic N) is 1. The highest BCUT2D eigenvalue weighted by Crippen LogP contribution is 2.21. The van der Waals surface area contributed by atoms with E-state index in [1.165, 1.54) is 0 Å². The van der Waals surface area contributed by atoms with E-state index >= 15 is 0 Å². The van der Waals surface area contributed by atoms with E-state index in [1.807, 2.05) is 31.2 Å². The number of aryl methyl sites for hydroxylation is 2. The molecule has 1 fully saturated rings. The summed E-state index contributed by atoms with van der Waals surface area (Å²) < 4.78 is 5.42. The number of hydrogen-bond acceptors (Lipinski definition) is 4. The van der Waals surface area contributed by atoms with E-state index in [0.29, 0.717) is 11.3 Å². The van der Waals surface area contributed by atoms with Crippen LogP contribution in [0.2, 0.25) is 0 Å². The van der Waals surface area contributed by atoms with Gasteiger partial charge in [0.25, 0.3) is 5.91 Å². The van der Waals surface area contributed by atoms with Crippen molar-refractivity contribution < 1.29 is 14.0 Å². The van der Waals surface area contributed by atoms with Gasteiger partial charge in [0.1, 0.15) is 11.5 Å². The fourth-order valence-electron chi connectivity index (χ4n) is 3.44. The van der Waals surface area contributed by atoms with Crippen molar-refractivity contribution in [3.63, 3.8) is 0 Å². The molecule has 2 aromatic rings. The van der Waals surface area contributed by atoms with Crippen LogP contribution in [-0.2, 0) is 11.3 Å². The fraction of sp³-hybridized carbons (Fsp3) is 0.400. The van der Waals surface area contributed by atoms with Gasteiger partial charge in [-0.15, -0.1) is 0 Å². The fourth-order valence-corrected chi connectivity index (χ4v) is 3.44. The molecule has 2 amide bonds. The summed E-state index contributed by atoms with van der Waals surface area (Å²) in [7, 11) is 0. The first-order valence-corrected chi connectivity index (χ1v) is 8.91. The average Bonchev–Trinajstić information content (AvgIpc) is 2.94. The third kappa shape index (κ3) is 4.32. The summed E-state index contributed by atoms with van der Waals surface area (Å²) in [5.41, 5.74) is 7.83. The summed E-state index contributed by atoms with van der Waals surface area (Å²) in [4.78, 5) is 26.0. The highest BCUT2D eigenvalue weighted by atomic mass is 16.3. The van der Waals surface area contributed by atoms with Crippen LogP contribution in [0.4, 0.5) is 5.69 Å². The molecule has 1 aromatic heterocycles. The first-order chi connectivity index (χ1) is 12.4. The highest BCUT2D eigenvalue weighted by molar-refractivity contribution is 6.05. The van der Waals surface area contributed by atoms with Gasteiger partial charge in [-0.05, 0) is 63.5 Å². The van der Waals surface area contributed by atoms with Crippen LogP contribution in [0.15, 0.2) is 34.7 Å². The van der Waals surface area contributed by atoms with Crippen molar-refractivity contribution in [2.24, 2.45) is 11.7 Å². The Balaban J connectivity index is 1.61. The van der Waals surface area contributed by atoms with Crippen LogP contribution in [0.5, 0.6) is 0 Å². The van der Waals surface area contributed by atoms with E-state index in [4.69, 9.17) is 10.2 Å². The second-order valence-corrected chi connectivity index (χ2v) is 6.93. The van der Waals surface area contributed by atoms with Crippen molar-refractivity contribution in [2.45, 2.75) is 33.2 Å². The predicted octanol–water partition coefficient (Wildman–Crippen LogP) is 2.85. The number of carbonyl (C=O) groups is 2. The molecule has 0 radical (unpaired) electrons. The van der Waals surface area contributed by atoms with Crippen molar-refractivity contribution in [1.82, 2.24) is 4.90 Å².